The molecule has 18 heavy (non-hydrogen) atoms. The molecule has 98 valence electrons. The van der Waals surface area contributed by atoms with E-state index in [1.165, 1.54) is 12.0 Å². The highest BCUT2D eigenvalue weighted by Crippen LogP contribution is 2.34. The fourth-order valence-corrected chi connectivity index (χ4v) is 2.90. The summed E-state index contributed by atoms with van der Waals surface area (Å²) in [5.41, 5.74) is 1.19. The molecule has 1 amide bonds. The highest BCUT2D eigenvalue weighted by Gasteiger charge is 2.28. The van der Waals surface area contributed by atoms with E-state index in [2.05, 4.69) is 13.0 Å². The summed E-state index contributed by atoms with van der Waals surface area (Å²) in [5.74, 6) is 1.23. The first-order valence-electron chi connectivity index (χ1n) is 6.62. The number of methoxy groups -OCH3 is 1. The van der Waals surface area contributed by atoms with E-state index in [0.717, 1.165) is 31.5 Å². The monoisotopic (exact) mass is 247 g/mol. The summed E-state index contributed by atoms with van der Waals surface area (Å²) in [6, 6.07) is 8.39. The van der Waals surface area contributed by atoms with Crippen molar-refractivity contribution in [3.05, 3.63) is 29.8 Å². The number of ether oxygens (including phenoxy) is 1. The molecule has 2 rings (SSSR count). The van der Waals surface area contributed by atoms with Crippen LogP contribution < -0.4 is 4.74 Å². The zero-order valence-electron chi connectivity index (χ0n) is 11.1. The molecule has 0 spiro atoms. The lowest BCUT2D eigenvalue weighted by molar-refractivity contribution is -0.121. The minimum atomic E-state index is 0.299. The maximum atomic E-state index is 11.2. The smallest absolute Gasteiger partial charge is 0.209 e. The first-order valence-corrected chi connectivity index (χ1v) is 6.62. The van der Waals surface area contributed by atoms with Crippen LogP contribution in [-0.2, 0) is 4.79 Å². The number of carbonyl (C=O) groups excluding carboxylic acids is 1. The van der Waals surface area contributed by atoms with Crippen LogP contribution in [0.3, 0.4) is 0 Å². The summed E-state index contributed by atoms with van der Waals surface area (Å²) in [6.07, 6.45) is 4.40. The summed E-state index contributed by atoms with van der Waals surface area (Å²) < 4.78 is 5.42. The van der Waals surface area contributed by atoms with Crippen molar-refractivity contribution in [2.45, 2.75) is 38.1 Å². The molecule has 1 aromatic carbocycles. The highest BCUT2D eigenvalue weighted by atomic mass is 16.5. The van der Waals surface area contributed by atoms with Gasteiger partial charge in [0.15, 0.2) is 0 Å². The van der Waals surface area contributed by atoms with E-state index in [-0.39, 0.29) is 0 Å². The van der Waals surface area contributed by atoms with Crippen LogP contribution in [0.15, 0.2) is 24.3 Å². The van der Waals surface area contributed by atoms with Crippen LogP contribution in [-0.4, -0.2) is 31.0 Å². The van der Waals surface area contributed by atoms with Gasteiger partial charge in [0.1, 0.15) is 5.75 Å². The van der Waals surface area contributed by atoms with Crippen molar-refractivity contribution in [2.75, 3.05) is 13.7 Å². The second-order valence-corrected chi connectivity index (χ2v) is 4.94. The molecule has 1 aliphatic heterocycles. The quantitative estimate of drug-likeness (QED) is 0.766. The van der Waals surface area contributed by atoms with Crippen LogP contribution in [0.25, 0.3) is 0 Å². The Balaban J connectivity index is 2.23. The van der Waals surface area contributed by atoms with Gasteiger partial charge < -0.3 is 9.64 Å². The zero-order chi connectivity index (χ0) is 13.0. The van der Waals surface area contributed by atoms with Crippen molar-refractivity contribution in [1.82, 2.24) is 4.90 Å². The predicted octanol–water partition coefficient (Wildman–Crippen LogP) is 2.81. The molecule has 2 atom stereocenters. The lowest BCUT2D eigenvalue weighted by Crippen LogP contribution is -2.41. The van der Waals surface area contributed by atoms with E-state index in [1.54, 1.807) is 7.11 Å². The second kappa shape index (κ2) is 5.89. The second-order valence-electron chi connectivity index (χ2n) is 4.94. The Labute approximate surface area is 109 Å². The summed E-state index contributed by atoms with van der Waals surface area (Å²) in [7, 11) is 1.70. The van der Waals surface area contributed by atoms with E-state index in [9.17, 15) is 4.79 Å². The number of benzene rings is 1. The number of para-hydroxylation sites is 1. The topological polar surface area (TPSA) is 29.5 Å². The SMILES string of the molecule is COc1ccccc1C(C)C1CCCCN1C=O. The van der Waals surface area contributed by atoms with E-state index >= 15 is 0 Å². The third kappa shape index (κ3) is 2.50. The Morgan fingerprint density at radius 2 is 2.17 bits per heavy atom. The Bertz CT molecular complexity index is 405. The third-order valence-electron chi connectivity index (χ3n) is 3.93. The molecule has 3 heteroatoms. The summed E-state index contributed by atoms with van der Waals surface area (Å²) >= 11 is 0. The van der Waals surface area contributed by atoms with Gasteiger partial charge in [-0.3, -0.25) is 4.79 Å². The number of amides is 1. The molecule has 2 unspecified atom stereocenters. The molecule has 1 heterocycles. The molecule has 1 fully saturated rings. The lowest BCUT2D eigenvalue weighted by Gasteiger charge is -2.37. The summed E-state index contributed by atoms with van der Waals surface area (Å²) in [4.78, 5) is 13.1. The van der Waals surface area contributed by atoms with Crippen molar-refractivity contribution in [2.24, 2.45) is 0 Å². The molecule has 0 saturated carbocycles. The number of hydrogen-bond donors (Lipinski definition) is 0. The van der Waals surface area contributed by atoms with E-state index in [0.29, 0.717) is 12.0 Å². The first kappa shape index (κ1) is 12.9. The van der Waals surface area contributed by atoms with Gasteiger partial charge in [0.05, 0.1) is 7.11 Å². The number of rotatable bonds is 4. The molecule has 1 aliphatic rings. The van der Waals surface area contributed by atoms with Gasteiger partial charge >= 0.3 is 0 Å². The van der Waals surface area contributed by atoms with Gasteiger partial charge in [-0.05, 0) is 30.9 Å². The van der Waals surface area contributed by atoms with Gasteiger partial charge in [-0.15, -0.1) is 0 Å². The molecular formula is C15H21NO2. The van der Waals surface area contributed by atoms with Crippen LogP contribution in [0, 0.1) is 0 Å². The maximum Gasteiger partial charge on any atom is 0.209 e. The average Bonchev–Trinajstić information content (AvgIpc) is 2.46. The van der Waals surface area contributed by atoms with Gasteiger partial charge in [0.25, 0.3) is 0 Å². The molecule has 0 bridgehead atoms. The van der Waals surface area contributed by atoms with Crippen molar-refractivity contribution in [1.29, 1.82) is 0 Å². The predicted molar refractivity (Wildman–Crippen MR) is 71.8 cm³/mol. The number of carbonyl (C=O) groups is 1. The number of hydrogen-bond acceptors (Lipinski definition) is 2. The van der Waals surface area contributed by atoms with Crippen molar-refractivity contribution in [3.8, 4) is 5.75 Å². The van der Waals surface area contributed by atoms with Gasteiger partial charge in [-0.25, -0.2) is 0 Å². The van der Waals surface area contributed by atoms with Crippen LogP contribution in [0.5, 0.6) is 5.75 Å². The van der Waals surface area contributed by atoms with Gasteiger partial charge in [-0.2, -0.15) is 0 Å². The van der Waals surface area contributed by atoms with E-state index < -0.39 is 0 Å². The molecule has 1 saturated heterocycles. The lowest BCUT2D eigenvalue weighted by atomic mass is 9.86. The number of piperidine rings is 1. The average molecular weight is 247 g/mol. The summed E-state index contributed by atoms with van der Waals surface area (Å²) in [6.45, 7) is 3.07. The largest absolute Gasteiger partial charge is 0.496 e. The number of nitrogens with zero attached hydrogens (tertiary/aromatic N) is 1. The molecule has 0 radical (unpaired) electrons. The van der Waals surface area contributed by atoms with Crippen LogP contribution >= 0.6 is 0 Å². The van der Waals surface area contributed by atoms with E-state index in [1.807, 2.05) is 23.1 Å². The Kier molecular flexibility index (Phi) is 4.24. The standard InChI is InChI=1S/C15H21NO2/c1-12(13-7-3-4-9-15(13)18-2)14-8-5-6-10-16(14)11-17/h3-4,7,9,11-12,14H,5-6,8,10H2,1-2H3. The van der Waals surface area contributed by atoms with Gasteiger partial charge in [0.2, 0.25) is 6.41 Å². The van der Waals surface area contributed by atoms with Crippen LogP contribution in [0.1, 0.15) is 37.7 Å². The third-order valence-corrected chi connectivity index (χ3v) is 3.93. The van der Waals surface area contributed by atoms with Gasteiger partial charge in [0, 0.05) is 18.5 Å². The highest BCUT2D eigenvalue weighted by molar-refractivity contribution is 5.49. The molecule has 0 aliphatic carbocycles. The van der Waals surface area contributed by atoms with Crippen molar-refractivity contribution < 1.29 is 9.53 Å². The molecular weight excluding hydrogens is 226 g/mol. The normalized spacial score (nSPS) is 21.4. The Hall–Kier alpha value is -1.51. The minimum Gasteiger partial charge on any atom is -0.496 e. The van der Waals surface area contributed by atoms with Crippen LogP contribution in [0.4, 0.5) is 0 Å². The molecule has 3 nitrogen and oxygen atoms in total. The van der Waals surface area contributed by atoms with E-state index in [4.69, 9.17) is 4.74 Å². The number of likely N-dealkylation sites (tertiary alicyclic amines) is 1. The van der Waals surface area contributed by atoms with Gasteiger partial charge in [-0.1, -0.05) is 25.1 Å². The maximum absolute atomic E-state index is 11.2. The minimum absolute atomic E-state index is 0.299. The summed E-state index contributed by atoms with van der Waals surface area (Å²) in [5, 5.41) is 0. The Morgan fingerprint density at radius 3 is 2.89 bits per heavy atom. The van der Waals surface area contributed by atoms with Crippen LogP contribution in [0.2, 0.25) is 0 Å². The zero-order valence-corrected chi connectivity index (χ0v) is 11.1. The van der Waals surface area contributed by atoms with Crippen molar-refractivity contribution in [3.63, 3.8) is 0 Å². The first-order chi connectivity index (χ1) is 8.77. The molecule has 0 aromatic heterocycles. The fourth-order valence-electron chi connectivity index (χ4n) is 2.90. The fraction of sp³-hybridized carbons (Fsp3) is 0.533. The molecule has 1 aromatic rings. The molecule has 0 N–H and O–H groups in total. The van der Waals surface area contributed by atoms with Crippen molar-refractivity contribution >= 4 is 6.41 Å². The Morgan fingerprint density at radius 1 is 1.39 bits per heavy atom.